The van der Waals surface area contributed by atoms with E-state index in [1.54, 1.807) is 39.1 Å². The van der Waals surface area contributed by atoms with Crippen LogP contribution in [0.4, 0.5) is 19.0 Å². The summed E-state index contributed by atoms with van der Waals surface area (Å²) in [4.78, 5) is 23.3. The third-order valence-corrected chi connectivity index (χ3v) is 7.62. The Balaban J connectivity index is 1.69. The van der Waals surface area contributed by atoms with Gasteiger partial charge >= 0.3 is 6.18 Å². The highest BCUT2D eigenvalue weighted by Crippen LogP contribution is 2.42. The molecule has 0 bridgehead atoms. The van der Waals surface area contributed by atoms with E-state index >= 15 is 0 Å². The minimum absolute atomic E-state index is 0.0347. The van der Waals surface area contributed by atoms with E-state index < -0.39 is 17.8 Å². The fourth-order valence-corrected chi connectivity index (χ4v) is 5.62. The van der Waals surface area contributed by atoms with Crippen molar-refractivity contribution in [1.82, 2.24) is 14.9 Å². The summed E-state index contributed by atoms with van der Waals surface area (Å²) in [5.41, 5.74) is 1.85. The molecule has 1 aliphatic carbocycles. The maximum Gasteiger partial charge on any atom is 0.416 e. The minimum atomic E-state index is -4.42. The average molecular weight is 529 g/mol. The first-order chi connectivity index (χ1) is 17.9. The molecule has 1 saturated carbocycles. The standard InChI is InChI=1S/C29H35F3N4O2/c1-16-21(8-7-9-24(16)29(30,31)32)17(2)33-27-23-14-22(26(38-6)15-25(23)34-18(3)35-27)19-10-12-20(13-11-19)28(37)36(4)5/h7-9,14-15,17,19-20H,10-13H2,1-6H3,(H,33,34,35)/t17-,19-,20-/m1/s1. The molecule has 3 aromatic rings. The summed E-state index contributed by atoms with van der Waals surface area (Å²) in [6, 6.07) is 7.78. The number of halogens is 3. The lowest BCUT2D eigenvalue weighted by Crippen LogP contribution is -2.32. The number of hydrogen-bond acceptors (Lipinski definition) is 5. The molecule has 0 radical (unpaired) electrons. The molecule has 1 atom stereocenters. The van der Waals surface area contributed by atoms with E-state index in [2.05, 4.69) is 15.3 Å². The van der Waals surface area contributed by atoms with Crippen LogP contribution in [0.3, 0.4) is 0 Å². The predicted octanol–water partition coefficient (Wildman–Crippen LogP) is 6.81. The van der Waals surface area contributed by atoms with E-state index in [0.29, 0.717) is 22.7 Å². The first kappa shape index (κ1) is 27.7. The number of carbonyl (C=O) groups is 1. The molecule has 0 unspecified atom stereocenters. The zero-order chi connectivity index (χ0) is 27.8. The fourth-order valence-electron chi connectivity index (χ4n) is 5.62. The maximum absolute atomic E-state index is 13.5. The Bertz CT molecular complexity index is 1330. The van der Waals surface area contributed by atoms with Crippen LogP contribution >= 0.6 is 0 Å². The van der Waals surface area contributed by atoms with Gasteiger partial charge in [-0.25, -0.2) is 9.97 Å². The van der Waals surface area contributed by atoms with Crippen LogP contribution in [0, 0.1) is 19.8 Å². The number of carbonyl (C=O) groups excluding carboxylic acids is 1. The van der Waals surface area contributed by atoms with Gasteiger partial charge in [0.05, 0.1) is 24.2 Å². The molecule has 1 aromatic heterocycles. The van der Waals surface area contributed by atoms with Gasteiger partial charge in [-0.1, -0.05) is 12.1 Å². The van der Waals surface area contributed by atoms with Crippen molar-refractivity contribution in [2.75, 3.05) is 26.5 Å². The molecule has 0 saturated heterocycles. The van der Waals surface area contributed by atoms with E-state index in [0.717, 1.165) is 48.4 Å². The third-order valence-electron chi connectivity index (χ3n) is 7.62. The number of rotatable bonds is 6. The van der Waals surface area contributed by atoms with E-state index in [-0.39, 0.29) is 23.3 Å². The molecule has 204 valence electrons. The molecular weight excluding hydrogens is 493 g/mol. The van der Waals surface area contributed by atoms with Crippen molar-refractivity contribution in [2.45, 2.75) is 64.6 Å². The van der Waals surface area contributed by atoms with E-state index in [4.69, 9.17) is 4.74 Å². The number of anilines is 1. The van der Waals surface area contributed by atoms with Crippen LogP contribution < -0.4 is 10.1 Å². The first-order valence-electron chi connectivity index (χ1n) is 12.9. The summed E-state index contributed by atoms with van der Waals surface area (Å²) in [7, 11) is 5.22. The molecule has 38 heavy (non-hydrogen) atoms. The molecule has 0 spiro atoms. The van der Waals surface area contributed by atoms with E-state index in [1.165, 1.54) is 13.0 Å². The first-order valence-corrected chi connectivity index (χ1v) is 12.9. The highest BCUT2D eigenvalue weighted by molar-refractivity contribution is 5.91. The summed E-state index contributed by atoms with van der Waals surface area (Å²) in [5.74, 6) is 2.28. The molecule has 4 rings (SSSR count). The highest BCUT2D eigenvalue weighted by atomic mass is 19.4. The second-order valence-corrected chi connectivity index (χ2v) is 10.4. The summed E-state index contributed by atoms with van der Waals surface area (Å²) in [6.07, 6.45) is -1.07. The average Bonchev–Trinajstić information content (AvgIpc) is 2.86. The van der Waals surface area contributed by atoms with Gasteiger partial charge in [-0.2, -0.15) is 13.2 Å². The smallest absolute Gasteiger partial charge is 0.416 e. The van der Waals surface area contributed by atoms with Crippen molar-refractivity contribution in [1.29, 1.82) is 0 Å². The van der Waals surface area contributed by atoms with Crippen molar-refractivity contribution in [3.05, 3.63) is 58.4 Å². The number of methoxy groups -OCH3 is 1. The van der Waals surface area contributed by atoms with Crippen molar-refractivity contribution < 1.29 is 22.7 Å². The number of nitrogens with zero attached hydrogens (tertiary/aromatic N) is 3. The van der Waals surface area contributed by atoms with Crippen LogP contribution in [0.25, 0.3) is 10.9 Å². The van der Waals surface area contributed by atoms with Crippen molar-refractivity contribution >= 4 is 22.6 Å². The number of aromatic nitrogens is 2. The van der Waals surface area contributed by atoms with Gasteiger partial charge in [-0.3, -0.25) is 4.79 Å². The number of fused-ring (bicyclic) bond motifs is 1. The number of alkyl halides is 3. The van der Waals surface area contributed by atoms with Gasteiger partial charge in [0.15, 0.2) is 0 Å². The minimum Gasteiger partial charge on any atom is -0.496 e. The normalized spacial score (nSPS) is 18.8. The summed E-state index contributed by atoms with van der Waals surface area (Å²) < 4.78 is 46.3. The summed E-state index contributed by atoms with van der Waals surface area (Å²) in [5, 5.41) is 4.14. The van der Waals surface area contributed by atoms with E-state index in [9.17, 15) is 18.0 Å². The Hall–Kier alpha value is -3.36. The Kier molecular flexibility index (Phi) is 7.85. The zero-order valence-electron chi connectivity index (χ0n) is 22.7. The monoisotopic (exact) mass is 528 g/mol. The van der Waals surface area contributed by atoms with Crippen LogP contribution in [-0.4, -0.2) is 42.0 Å². The topological polar surface area (TPSA) is 67.4 Å². The highest BCUT2D eigenvalue weighted by Gasteiger charge is 2.33. The molecule has 1 aliphatic rings. The van der Waals surface area contributed by atoms with Gasteiger partial charge in [0.1, 0.15) is 17.4 Å². The van der Waals surface area contributed by atoms with Crippen LogP contribution in [0.2, 0.25) is 0 Å². The van der Waals surface area contributed by atoms with Gasteiger partial charge in [0, 0.05) is 31.5 Å². The molecule has 0 aliphatic heterocycles. The molecule has 6 nitrogen and oxygen atoms in total. The number of ether oxygens (including phenoxy) is 1. The summed E-state index contributed by atoms with van der Waals surface area (Å²) in [6.45, 7) is 5.12. The van der Waals surface area contributed by atoms with Crippen LogP contribution in [-0.2, 0) is 11.0 Å². The zero-order valence-corrected chi connectivity index (χ0v) is 22.7. The Morgan fingerprint density at radius 3 is 2.39 bits per heavy atom. The van der Waals surface area contributed by atoms with Gasteiger partial charge < -0.3 is 15.0 Å². The lowest BCUT2D eigenvalue weighted by Gasteiger charge is -2.30. The molecule has 9 heteroatoms. The molecule has 1 N–H and O–H groups in total. The SMILES string of the molecule is COc1cc2nc(C)nc(N[C@H](C)c3cccc(C(F)(F)F)c3C)c2cc1[C@H]1CC[C@H](C(=O)N(C)C)CC1. The number of aryl methyl sites for hydroxylation is 1. The molecule has 1 amide bonds. The maximum atomic E-state index is 13.5. The van der Waals surface area contributed by atoms with Crippen molar-refractivity contribution in [2.24, 2.45) is 5.92 Å². The van der Waals surface area contributed by atoms with Crippen LogP contribution in [0.5, 0.6) is 5.75 Å². The third kappa shape index (κ3) is 5.56. The second-order valence-electron chi connectivity index (χ2n) is 10.4. The van der Waals surface area contributed by atoms with Gasteiger partial charge in [0.25, 0.3) is 0 Å². The molecule has 2 aromatic carbocycles. The lowest BCUT2D eigenvalue weighted by atomic mass is 9.77. The van der Waals surface area contributed by atoms with Crippen molar-refractivity contribution in [3.8, 4) is 5.75 Å². The molecule has 1 fully saturated rings. The lowest BCUT2D eigenvalue weighted by molar-refractivity contribution is -0.138. The number of hydrogen-bond donors (Lipinski definition) is 1. The predicted molar refractivity (Wildman–Crippen MR) is 142 cm³/mol. The van der Waals surface area contributed by atoms with Gasteiger partial charge in [-0.05, 0) is 81.2 Å². The molecular formula is C29H35F3N4O2. The second kappa shape index (κ2) is 10.8. The number of amides is 1. The van der Waals surface area contributed by atoms with E-state index in [1.807, 2.05) is 19.1 Å². The Labute approximate surface area is 221 Å². The summed E-state index contributed by atoms with van der Waals surface area (Å²) >= 11 is 0. The number of nitrogens with one attached hydrogen (secondary N) is 1. The molecule has 1 heterocycles. The quantitative estimate of drug-likeness (QED) is 0.381. The Morgan fingerprint density at radius 1 is 1.11 bits per heavy atom. The van der Waals surface area contributed by atoms with Crippen LogP contribution in [0.15, 0.2) is 30.3 Å². The van der Waals surface area contributed by atoms with Crippen LogP contribution in [0.1, 0.15) is 72.6 Å². The fraction of sp³-hybridized carbons (Fsp3) is 0.483. The number of benzene rings is 2. The largest absolute Gasteiger partial charge is 0.496 e. The Morgan fingerprint density at radius 2 is 1.79 bits per heavy atom. The van der Waals surface area contributed by atoms with Gasteiger partial charge in [0.2, 0.25) is 5.91 Å². The van der Waals surface area contributed by atoms with Crippen molar-refractivity contribution in [3.63, 3.8) is 0 Å². The van der Waals surface area contributed by atoms with Gasteiger partial charge in [-0.15, -0.1) is 0 Å².